The van der Waals surface area contributed by atoms with Gasteiger partial charge in [0.25, 0.3) is 0 Å². The third kappa shape index (κ3) is 3.84. The fourth-order valence-corrected chi connectivity index (χ4v) is 4.11. The minimum absolute atomic E-state index is 0.00330. The summed E-state index contributed by atoms with van der Waals surface area (Å²) in [5.41, 5.74) is 0. The van der Waals surface area contributed by atoms with Crippen molar-refractivity contribution in [1.29, 1.82) is 0 Å². The fourth-order valence-electron chi connectivity index (χ4n) is 3.42. The van der Waals surface area contributed by atoms with Gasteiger partial charge < -0.3 is 10.1 Å². The lowest BCUT2D eigenvalue weighted by Crippen LogP contribution is -2.48. The van der Waals surface area contributed by atoms with Crippen molar-refractivity contribution < 1.29 is 9.53 Å². The maximum Gasteiger partial charge on any atom is 0.323 e. The highest BCUT2D eigenvalue weighted by Gasteiger charge is 2.36. The first-order valence-corrected chi connectivity index (χ1v) is 8.88. The number of likely N-dealkylation sites (tertiary alicyclic amines) is 1. The summed E-state index contributed by atoms with van der Waals surface area (Å²) in [6.07, 6.45) is 5.22. The van der Waals surface area contributed by atoms with E-state index in [2.05, 4.69) is 21.7 Å². The first-order valence-electron chi connectivity index (χ1n) is 8.00. The molecule has 5 heteroatoms. The lowest BCUT2D eigenvalue weighted by molar-refractivity contribution is -0.149. The molecule has 1 N–H and O–H groups in total. The van der Waals surface area contributed by atoms with Gasteiger partial charge in [0.05, 0.1) is 6.61 Å². The Morgan fingerprint density at radius 3 is 3.00 bits per heavy atom. The van der Waals surface area contributed by atoms with Crippen LogP contribution in [-0.4, -0.2) is 49.2 Å². The predicted molar refractivity (Wildman–Crippen MR) is 84.6 cm³/mol. The molecule has 0 saturated carbocycles. The SMILES string of the molecule is O=C(OCCc1cccs1)C1CCCN1C1CCNCC1. The van der Waals surface area contributed by atoms with Crippen molar-refractivity contribution in [2.24, 2.45) is 0 Å². The number of rotatable bonds is 5. The van der Waals surface area contributed by atoms with Gasteiger partial charge in [-0.15, -0.1) is 11.3 Å². The van der Waals surface area contributed by atoms with Crippen molar-refractivity contribution >= 4 is 17.3 Å². The van der Waals surface area contributed by atoms with E-state index in [1.54, 1.807) is 11.3 Å². The zero-order valence-electron chi connectivity index (χ0n) is 12.4. The molecule has 3 rings (SSSR count). The molecule has 1 atom stereocenters. The molecule has 2 aliphatic heterocycles. The number of hydrogen-bond donors (Lipinski definition) is 1. The molecule has 0 aromatic carbocycles. The first-order chi connectivity index (χ1) is 10.3. The van der Waals surface area contributed by atoms with Gasteiger partial charge in [-0.3, -0.25) is 9.69 Å². The van der Waals surface area contributed by atoms with Crippen molar-refractivity contribution in [3.8, 4) is 0 Å². The van der Waals surface area contributed by atoms with Crippen molar-refractivity contribution in [2.75, 3.05) is 26.2 Å². The van der Waals surface area contributed by atoms with Crippen LogP contribution in [0.15, 0.2) is 17.5 Å². The predicted octanol–water partition coefficient (Wildman–Crippen LogP) is 2.05. The average Bonchev–Trinajstić information content (AvgIpc) is 3.19. The van der Waals surface area contributed by atoms with Gasteiger partial charge in [0, 0.05) is 17.3 Å². The second-order valence-corrected chi connectivity index (χ2v) is 6.91. The third-order valence-electron chi connectivity index (χ3n) is 4.52. The zero-order valence-corrected chi connectivity index (χ0v) is 13.2. The minimum Gasteiger partial charge on any atom is -0.464 e. The lowest BCUT2D eigenvalue weighted by Gasteiger charge is -2.34. The van der Waals surface area contributed by atoms with Crippen LogP contribution in [0.1, 0.15) is 30.6 Å². The van der Waals surface area contributed by atoms with Gasteiger partial charge in [0.1, 0.15) is 6.04 Å². The standard InChI is InChI=1S/C16H24N2O2S/c19-16(20-11-7-14-3-2-12-21-14)15-4-1-10-18(15)13-5-8-17-9-6-13/h2-3,12-13,15,17H,1,4-11H2. The molecule has 0 spiro atoms. The highest BCUT2D eigenvalue weighted by molar-refractivity contribution is 7.09. The number of nitrogens with one attached hydrogen (secondary N) is 1. The van der Waals surface area contributed by atoms with Crippen LogP contribution < -0.4 is 5.32 Å². The molecular formula is C16H24N2O2S. The number of carbonyl (C=O) groups excluding carboxylic acids is 1. The molecule has 1 aromatic rings. The van der Waals surface area contributed by atoms with Crippen LogP contribution in [0.25, 0.3) is 0 Å². The zero-order chi connectivity index (χ0) is 14.5. The molecule has 2 fully saturated rings. The quantitative estimate of drug-likeness (QED) is 0.845. The topological polar surface area (TPSA) is 41.6 Å². The molecule has 21 heavy (non-hydrogen) atoms. The highest BCUT2D eigenvalue weighted by Crippen LogP contribution is 2.25. The van der Waals surface area contributed by atoms with E-state index in [4.69, 9.17) is 4.74 Å². The minimum atomic E-state index is -0.0115. The number of nitrogens with zero attached hydrogens (tertiary/aromatic N) is 1. The first kappa shape index (κ1) is 15.0. The Labute approximate surface area is 130 Å². The van der Waals surface area contributed by atoms with Crippen LogP contribution in [0.2, 0.25) is 0 Å². The molecule has 116 valence electrons. The molecule has 0 bridgehead atoms. The van der Waals surface area contributed by atoms with Crippen LogP contribution in [0.4, 0.5) is 0 Å². The van der Waals surface area contributed by atoms with Crippen LogP contribution >= 0.6 is 11.3 Å². The molecule has 3 heterocycles. The van der Waals surface area contributed by atoms with E-state index in [0.29, 0.717) is 12.6 Å². The number of thiophene rings is 1. The molecule has 0 amide bonds. The molecule has 1 aromatic heterocycles. The molecular weight excluding hydrogens is 284 g/mol. The molecule has 2 aliphatic rings. The Morgan fingerprint density at radius 2 is 2.24 bits per heavy atom. The normalized spacial score (nSPS) is 24.3. The second-order valence-electron chi connectivity index (χ2n) is 5.87. The van der Waals surface area contributed by atoms with E-state index >= 15 is 0 Å². The van der Waals surface area contributed by atoms with Gasteiger partial charge in [0.2, 0.25) is 0 Å². The maximum atomic E-state index is 12.4. The summed E-state index contributed by atoms with van der Waals surface area (Å²) in [7, 11) is 0. The third-order valence-corrected chi connectivity index (χ3v) is 5.45. The second kappa shape index (κ2) is 7.38. The Balaban J connectivity index is 1.48. The van der Waals surface area contributed by atoms with Crippen LogP contribution in [0, 0.1) is 0 Å². The van der Waals surface area contributed by atoms with Gasteiger partial charge in [-0.2, -0.15) is 0 Å². The van der Waals surface area contributed by atoms with Crippen molar-refractivity contribution in [2.45, 2.75) is 44.2 Å². The van der Waals surface area contributed by atoms with Crippen molar-refractivity contribution in [3.05, 3.63) is 22.4 Å². The number of esters is 1. The summed E-state index contributed by atoms with van der Waals surface area (Å²) in [4.78, 5) is 16.0. The van der Waals surface area contributed by atoms with Crippen LogP contribution in [0.3, 0.4) is 0 Å². The fraction of sp³-hybridized carbons (Fsp3) is 0.688. The molecule has 1 unspecified atom stereocenters. The summed E-state index contributed by atoms with van der Waals surface area (Å²) in [6.45, 7) is 3.70. The van der Waals surface area contributed by atoms with Crippen molar-refractivity contribution in [3.63, 3.8) is 0 Å². The number of piperidine rings is 1. The van der Waals surface area contributed by atoms with Gasteiger partial charge in [-0.05, 0) is 56.8 Å². The molecule has 2 saturated heterocycles. The summed E-state index contributed by atoms with van der Waals surface area (Å²) in [6, 6.07) is 4.69. The van der Waals surface area contributed by atoms with Crippen LogP contribution in [0.5, 0.6) is 0 Å². The van der Waals surface area contributed by atoms with E-state index < -0.39 is 0 Å². The summed E-state index contributed by atoms with van der Waals surface area (Å²) in [5.74, 6) is -0.0115. The lowest BCUT2D eigenvalue weighted by atomic mass is 10.0. The van der Waals surface area contributed by atoms with E-state index in [1.165, 1.54) is 4.88 Å². The van der Waals surface area contributed by atoms with Gasteiger partial charge in [0.15, 0.2) is 0 Å². The Morgan fingerprint density at radius 1 is 1.38 bits per heavy atom. The highest BCUT2D eigenvalue weighted by atomic mass is 32.1. The molecule has 4 nitrogen and oxygen atoms in total. The van der Waals surface area contributed by atoms with Gasteiger partial charge >= 0.3 is 5.97 Å². The van der Waals surface area contributed by atoms with Crippen molar-refractivity contribution in [1.82, 2.24) is 10.2 Å². The van der Waals surface area contributed by atoms with Gasteiger partial charge in [-0.25, -0.2) is 0 Å². The Hall–Kier alpha value is -0.910. The smallest absolute Gasteiger partial charge is 0.323 e. The van der Waals surface area contributed by atoms with E-state index in [-0.39, 0.29) is 12.0 Å². The molecule has 0 radical (unpaired) electrons. The van der Waals surface area contributed by atoms with E-state index in [1.807, 2.05) is 6.07 Å². The number of ether oxygens (including phenoxy) is 1. The van der Waals surface area contributed by atoms with E-state index in [0.717, 1.165) is 51.7 Å². The van der Waals surface area contributed by atoms with E-state index in [9.17, 15) is 4.79 Å². The van der Waals surface area contributed by atoms with Crippen LogP contribution in [-0.2, 0) is 16.0 Å². The Kier molecular flexibility index (Phi) is 5.27. The average molecular weight is 308 g/mol. The van der Waals surface area contributed by atoms with Gasteiger partial charge in [-0.1, -0.05) is 6.07 Å². The number of carbonyl (C=O) groups is 1. The monoisotopic (exact) mass is 308 g/mol. The number of hydrogen-bond acceptors (Lipinski definition) is 5. The summed E-state index contributed by atoms with van der Waals surface area (Å²) >= 11 is 1.72. The Bertz CT molecular complexity index is 443. The summed E-state index contributed by atoms with van der Waals surface area (Å²) in [5, 5.41) is 5.45. The largest absolute Gasteiger partial charge is 0.464 e. The maximum absolute atomic E-state index is 12.4. The summed E-state index contributed by atoms with van der Waals surface area (Å²) < 4.78 is 5.53. The molecule has 0 aliphatic carbocycles.